The molecule has 0 saturated heterocycles. The van der Waals surface area contributed by atoms with Crippen LogP contribution < -0.4 is 0 Å². The van der Waals surface area contributed by atoms with Gasteiger partial charge >= 0.3 is 230 Å². The van der Waals surface area contributed by atoms with Crippen molar-refractivity contribution < 1.29 is 0 Å². The van der Waals surface area contributed by atoms with Crippen molar-refractivity contribution in [1.82, 2.24) is 0 Å². The normalized spacial score (nSPS) is 14.6. The number of hydrogen-bond donors (Lipinski definition) is 0. The van der Waals surface area contributed by atoms with Crippen molar-refractivity contribution in [3.05, 3.63) is 0 Å². The molecular formula is C24H66Si6Sn2. The van der Waals surface area contributed by atoms with Crippen LogP contribution in [0.2, 0.25) is 142 Å². The summed E-state index contributed by atoms with van der Waals surface area (Å²) in [5, 5.41) is 0. The van der Waals surface area contributed by atoms with Gasteiger partial charge < -0.3 is 0 Å². The molecule has 0 nitrogen and oxygen atoms in total. The van der Waals surface area contributed by atoms with Gasteiger partial charge in [-0.2, -0.15) is 0 Å². The number of hydrogen-bond acceptors (Lipinski definition) is 0. The summed E-state index contributed by atoms with van der Waals surface area (Å²) in [4.78, 5) is 0. The van der Waals surface area contributed by atoms with Gasteiger partial charge in [-0.25, -0.2) is 0 Å². The van der Waals surface area contributed by atoms with Crippen molar-refractivity contribution in [3.63, 3.8) is 0 Å². The Bertz CT molecular complexity index is 387. The Kier molecular flexibility index (Phi) is 16.4. The Morgan fingerprint density at radius 2 is 0.344 bits per heavy atom. The van der Waals surface area contributed by atoms with Crippen molar-refractivity contribution in [2.24, 2.45) is 0 Å². The third-order valence-electron chi connectivity index (χ3n) is 4.68. The molecule has 0 aromatic carbocycles. The van der Waals surface area contributed by atoms with Gasteiger partial charge in [0, 0.05) is 0 Å². The molecule has 0 spiro atoms. The summed E-state index contributed by atoms with van der Waals surface area (Å²) in [6, 6.07) is 0. The molecule has 0 aliphatic carbocycles. The Balaban J connectivity index is 0. The van der Waals surface area contributed by atoms with Crippen LogP contribution in [-0.4, -0.2) is 88.0 Å². The molecule has 0 aliphatic rings. The average molecular weight is 761 g/mol. The Hall–Kier alpha value is 2.90. The van der Waals surface area contributed by atoms with Crippen LogP contribution in [0, 0.1) is 0 Å². The minimum atomic E-state index is -1.04. The summed E-state index contributed by atoms with van der Waals surface area (Å²) in [6.07, 6.45) is 0. The molecule has 0 saturated carbocycles. The molecule has 0 bridgehead atoms. The monoisotopic (exact) mass is 762 g/mol. The Labute approximate surface area is 227 Å². The van der Waals surface area contributed by atoms with E-state index in [9.17, 15) is 0 Å². The van der Waals surface area contributed by atoms with Crippen molar-refractivity contribution in [2.75, 3.05) is 0 Å². The van der Waals surface area contributed by atoms with E-state index in [4.69, 9.17) is 0 Å². The standard InChI is InChI=1S/6C4H11Si.2Sn/c6*1-5(2,3)4;;/h6*1H2,2-4H3;;. The van der Waals surface area contributed by atoms with Crippen LogP contribution in [0.5, 0.6) is 0 Å². The zero-order valence-electron chi connectivity index (χ0n) is 26.2. The second kappa shape index (κ2) is 14.2. The van der Waals surface area contributed by atoms with Crippen LogP contribution >= 0.6 is 0 Å². The van der Waals surface area contributed by atoms with Crippen molar-refractivity contribution in [2.45, 2.75) is 142 Å². The van der Waals surface area contributed by atoms with E-state index in [0.717, 1.165) is 0 Å². The SMILES string of the molecule is C[Si](C)(C)[CH2][Sn]([CH2][Si](C)(C)C)[CH2][Si](C)(C)C.C[Si](C)(C)[CH2][Sn]([CH2][Si](C)(C)C)[CH2][Si](C)(C)C. The molecule has 2 radical (unpaired) electrons. The minimum absolute atomic E-state index is 0.788. The van der Waals surface area contributed by atoms with Crippen molar-refractivity contribution >= 4 is 88.0 Å². The molecule has 0 amide bonds. The van der Waals surface area contributed by atoms with E-state index >= 15 is 0 Å². The summed E-state index contributed by atoms with van der Waals surface area (Å²) in [5.74, 6) is 0. The van der Waals surface area contributed by atoms with Gasteiger partial charge in [-0.3, -0.25) is 0 Å². The maximum atomic E-state index is 2.59. The van der Waals surface area contributed by atoms with Gasteiger partial charge in [-0.05, 0) is 0 Å². The second-order valence-electron chi connectivity index (χ2n) is 17.9. The van der Waals surface area contributed by atoms with Gasteiger partial charge in [-0.1, -0.05) is 0 Å². The molecule has 8 heteroatoms. The molecule has 0 aliphatic heterocycles. The van der Waals surface area contributed by atoms with Gasteiger partial charge in [0.25, 0.3) is 0 Å². The average Bonchev–Trinajstić information content (AvgIpc) is 2.24. The van der Waals surface area contributed by atoms with Gasteiger partial charge in [0.1, 0.15) is 0 Å². The van der Waals surface area contributed by atoms with Gasteiger partial charge in [0.05, 0.1) is 0 Å². The predicted molar refractivity (Wildman–Crippen MR) is 180 cm³/mol. The van der Waals surface area contributed by atoms with Crippen LogP contribution in [-0.2, 0) is 0 Å². The molecule has 0 aromatic rings. The molecule has 32 heavy (non-hydrogen) atoms. The maximum absolute atomic E-state index is 2.59. The first-order valence-corrected chi connectivity index (χ1v) is 47.6. The topological polar surface area (TPSA) is 0 Å². The first kappa shape index (κ1) is 37.1. The fraction of sp³-hybridized carbons (Fsp3) is 1.00. The molecule has 0 rings (SSSR count). The van der Waals surface area contributed by atoms with Crippen LogP contribution in [0.25, 0.3) is 0 Å². The van der Waals surface area contributed by atoms with E-state index in [-0.39, 0.29) is 0 Å². The zero-order chi connectivity index (χ0) is 26.4. The molecule has 0 heterocycles. The van der Waals surface area contributed by atoms with Crippen LogP contribution in [0.4, 0.5) is 0 Å². The van der Waals surface area contributed by atoms with E-state index in [2.05, 4.69) is 118 Å². The third kappa shape index (κ3) is 30.9. The van der Waals surface area contributed by atoms with E-state index in [1.807, 2.05) is 0 Å². The first-order valence-electron chi connectivity index (χ1n) is 13.2. The summed E-state index contributed by atoms with van der Waals surface area (Å²) in [7, 11) is -4.73. The van der Waals surface area contributed by atoms with E-state index in [1.165, 1.54) is 0 Å². The molecule has 0 unspecified atom stereocenters. The van der Waals surface area contributed by atoms with Crippen molar-refractivity contribution in [3.8, 4) is 0 Å². The van der Waals surface area contributed by atoms with Crippen molar-refractivity contribution in [1.29, 1.82) is 0 Å². The fourth-order valence-corrected chi connectivity index (χ4v) is 113. The van der Waals surface area contributed by atoms with E-state index < -0.39 is 88.0 Å². The van der Waals surface area contributed by atoms with Crippen LogP contribution in [0.3, 0.4) is 0 Å². The summed E-state index contributed by atoms with van der Waals surface area (Å²) >= 11 is -2.07. The summed E-state index contributed by atoms with van der Waals surface area (Å²) in [5.41, 5.74) is 0. The molecular weight excluding hydrogens is 694 g/mol. The van der Waals surface area contributed by atoms with Crippen LogP contribution in [0.15, 0.2) is 0 Å². The molecule has 0 aromatic heterocycles. The molecule has 194 valence electrons. The molecule has 0 atom stereocenters. The fourth-order valence-electron chi connectivity index (χ4n) is 4.87. The quantitative estimate of drug-likeness (QED) is 0.174. The first-order chi connectivity index (χ1) is 13.6. The van der Waals surface area contributed by atoms with E-state index in [0.29, 0.717) is 0 Å². The van der Waals surface area contributed by atoms with Gasteiger partial charge in [0.15, 0.2) is 0 Å². The third-order valence-corrected chi connectivity index (χ3v) is 94.2. The van der Waals surface area contributed by atoms with Gasteiger partial charge in [-0.15, -0.1) is 0 Å². The zero-order valence-corrected chi connectivity index (χ0v) is 38.0. The molecule has 0 N–H and O–H groups in total. The second-order valence-corrected chi connectivity index (χ2v) is 77.5. The Morgan fingerprint density at radius 3 is 0.406 bits per heavy atom. The van der Waals surface area contributed by atoms with Gasteiger partial charge in [0.2, 0.25) is 0 Å². The molecule has 0 fully saturated rings. The number of rotatable bonds is 12. The summed E-state index contributed by atoms with van der Waals surface area (Å²) < 4.78 is 10.5. The Morgan fingerprint density at radius 1 is 0.250 bits per heavy atom. The summed E-state index contributed by atoms with van der Waals surface area (Å²) in [6.45, 7) is 46.5. The van der Waals surface area contributed by atoms with E-state index in [1.54, 1.807) is 24.4 Å². The van der Waals surface area contributed by atoms with Crippen LogP contribution in [0.1, 0.15) is 0 Å². The predicted octanol–water partition coefficient (Wildman–Crippen LogP) is 10.2.